The Balaban J connectivity index is 2.55. The lowest BCUT2D eigenvalue weighted by atomic mass is 10.1. The van der Waals surface area contributed by atoms with Crippen LogP contribution in [-0.4, -0.2) is 55.4 Å². The van der Waals surface area contributed by atoms with Gasteiger partial charge in [0.25, 0.3) is 5.69 Å². The first-order valence-electron chi connectivity index (χ1n) is 11.9. The van der Waals surface area contributed by atoms with E-state index in [1.807, 2.05) is 13.8 Å². The Bertz CT molecular complexity index is 1300. The van der Waals surface area contributed by atoms with Gasteiger partial charge in [0.2, 0.25) is 21.8 Å². The predicted molar refractivity (Wildman–Crippen MR) is 149 cm³/mol. The van der Waals surface area contributed by atoms with E-state index in [0.717, 1.165) is 16.6 Å². The van der Waals surface area contributed by atoms with Crippen LogP contribution in [0, 0.1) is 23.0 Å². The highest BCUT2D eigenvalue weighted by atomic mass is 35.5. The molecule has 2 amide bonds. The molecule has 0 heterocycles. The first-order chi connectivity index (χ1) is 17.6. The molecule has 0 radical (unpaired) electrons. The van der Waals surface area contributed by atoms with E-state index in [-0.39, 0.29) is 35.3 Å². The van der Waals surface area contributed by atoms with E-state index in [2.05, 4.69) is 5.32 Å². The Labute approximate surface area is 233 Å². The number of sulfonamides is 1. The number of nitro groups is 1. The Kier molecular flexibility index (Phi) is 10.9. The van der Waals surface area contributed by atoms with Crippen molar-refractivity contribution in [3.8, 4) is 0 Å². The molecule has 208 valence electrons. The lowest BCUT2D eigenvalue weighted by molar-refractivity contribution is -0.384. The minimum atomic E-state index is -4.05. The summed E-state index contributed by atoms with van der Waals surface area (Å²) in [4.78, 5) is 38.8. The van der Waals surface area contributed by atoms with Crippen LogP contribution in [0.3, 0.4) is 0 Å². The Hall–Kier alpha value is -2.89. The number of benzene rings is 2. The lowest BCUT2D eigenvalue weighted by Crippen LogP contribution is -2.52. The van der Waals surface area contributed by atoms with Gasteiger partial charge >= 0.3 is 0 Å². The number of rotatable bonds is 12. The zero-order valence-electron chi connectivity index (χ0n) is 21.9. The summed E-state index contributed by atoms with van der Waals surface area (Å²) in [6.45, 7) is 6.81. The molecule has 0 unspecified atom stereocenters. The first-order valence-corrected chi connectivity index (χ1v) is 14.5. The molecular formula is C25H32Cl2N4O6S. The fourth-order valence-corrected chi connectivity index (χ4v) is 5.12. The van der Waals surface area contributed by atoms with Gasteiger partial charge in [0.1, 0.15) is 12.6 Å². The van der Waals surface area contributed by atoms with Crippen molar-refractivity contribution in [2.24, 2.45) is 5.92 Å². The average Bonchev–Trinajstić information content (AvgIpc) is 2.81. The second kappa shape index (κ2) is 13.3. The Morgan fingerprint density at radius 2 is 1.79 bits per heavy atom. The minimum Gasteiger partial charge on any atom is -0.354 e. The van der Waals surface area contributed by atoms with E-state index in [9.17, 15) is 28.1 Å². The first kappa shape index (κ1) is 31.3. The normalized spacial score (nSPS) is 12.2. The van der Waals surface area contributed by atoms with Crippen molar-refractivity contribution in [1.29, 1.82) is 0 Å². The summed E-state index contributed by atoms with van der Waals surface area (Å²) >= 11 is 12.4. The van der Waals surface area contributed by atoms with Crippen LogP contribution in [0.2, 0.25) is 10.0 Å². The summed E-state index contributed by atoms with van der Waals surface area (Å²) < 4.78 is 26.4. The molecule has 0 fully saturated rings. The molecule has 0 aliphatic carbocycles. The number of hydrogen-bond donors (Lipinski definition) is 1. The van der Waals surface area contributed by atoms with E-state index < -0.39 is 39.3 Å². The summed E-state index contributed by atoms with van der Waals surface area (Å²) in [5.41, 5.74) is 0.604. The highest BCUT2D eigenvalue weighted by molar-refractivity contribution is 7.92. The molecule has 0 saturated heterocycles. The van der Waals surface area contributed by atoms with E-state index in [4.69, 9.17) is 23.2 Å². The highest BCUT2D eigenvalue weighted by Crippen LogP contribution is 2.29. The van der Waals surface area contributed by atoms with E-state index in [1.165, 1.54) is 23.1 Å². The number of carbonyl (C=O) groups is 2. The molecule has 0 saturated carbocycles. The molecule has 2 rings (SSSR count). The lowest BCUT2D eigenvalue weighted by Gasteiger charge is -2.33. The largest absolute Gasteiger partial charge is 0.354 e. The zero-order chi connectivity index (χ0) is 28.8. The van der Waals surface area contributed by atoms with Crippen molar-refractivity contribution in [2.45, 2.75) is 46.7 Å². The maximum Gasteiger partial charge on any atom is 0.271 e. The molecule has 10 nitrogen and oxygen atoms in total. The van der Waals surface area contributed by atoms with Crippen LogP contribution < -0.4 is 9.62 Å². The van der Waals surface area contributed by atoms with Crippen molar-refractivity contribution in [2.75, 3.05) is 23.7 Å². The maximum atomic E-state index is 13.8. The summed E-state index contributed by atoms with van der Waals surface area (Å²) in [6, 6.07) is 7.58. The number of aryl methyl sites for hydroxylation is 1. The molecule has 0 aliphatic rings. The molecule has 2 aromatic carbocycles. The average molecular weight is 588 g/mol. The van der Waals surface area contributed by atoms with Crippen LogP contribution >= 0.6 is 23.2 Å². The third-order valence-electron chi connectivity index (χ3n) is 5.78. The van der Waals surface area contributed by atoms with Gasteiger partial charge in [0, 0.05) is 35.3 Å². The maximum absolute atomic E-state index is 13.8. The van der Waals surface area contributed by atoms with Gasteiger partial charge in [0.05, 0.1) is 16.9 Å². The molecule has 0 bridgehead atoms. The molecular weight excluding hydrogens is 555 g/mol. The van der Waals surface area contributed by atoms with Gasteiger partial charge in [0.15, 0.2) is 0 Å². The monoisotopic (exact) mass is 586 g/mol. The number of non-ortho nitro benzene ring substituents is 1. The summed E-state index contributed by atoms with van der Waals surface area (Å²) in [7, 11) is -4.05. The highest BCUT2D eigenvalue weighted by Gasteiger charge is 2.33. The van der Waals surface area contributed by atoms with Crippen molar-refractivity contribution < 1.29 is 22.9 Å². The quantitative estimate of drug-likeness (QED) is 0.286. The minimum absolute atomic E-state index is 0.00293. The Morgan fingerprint density at radius 1 is 1.13 bits per heavy atom. The van der Waals surface area contributed by atoms with Gasteiger partial charge in [-0.3, -0.25) is 24.0 Å². The van der Waals surface area contributed by atoms with Gasteiger partial charge in [-0.1, -0.05) is 56.1 Å². The molecule has 0 aliphatic heterocycles. The second-order valence-corrected chi connectivity index (χ2v) is 12.1. The van der Waals surface area contributed by atoms with Crippen LogP contribution in [0.25, 0.3) is 0 Å². The number of nitrogens with one attached hydrogen (secondary N) is 1. The fraction of sp³-hybridized carbons (Fsp3) is 0.440. The predicted octanol–water partition coefficient (Wildman–Crippen LogP) is 4.56. The van der Waals surface area contributed by atoms with Crippen LogP contribution in [0.1, 0.15) is 38.3 Å². The molecule has 1 N–H and O–H groups in total. The van der Waals surface area contributed by atoms with Gasteiger partial charge in [-0.15, -0.1) is 0 Å². The van der Waals surface area contributed by atoms with Crippen LogP contribution in [-0.2, 0) is 26.2 Å². The number of anilines is 1. The molecule has 0 aromatic heterocycles. The van der Waals surface area contributed by atoms with Crippen molar-refractivity contribution in [3.05, 3.63) is 67.7 Å². The topological polar surface area (TPSA) is 130 Å². The summed E-state index contributed by atoms with van der Waals surface area (Å²) in [6.07, 6.45) is 1.15. The third kappa shape index (κ3) is 8.31. The van der Waals surface area contributed by atoms with Gasteiger partial charge < -0.3 is 10.2 Å². The number of nitrogens with zero attached hydrogens (tertiary/aromatic N) is 3. The van der Waals surface area contributed by atoms with E-state index in [0.29, 0.717) is 22.7 Å². The van der Waals surface area contributed by atoms with Crippen molar-refractivity contribution >= 4 is 56.4 Å². The molecule has 1 atom stereocenters. The number of hydrogen-bond acceptors (Lipinski definition) is 6. The number of carbonyl (C=O) groups excluding carboxylic acids is 2. The van der Waals surface area contributed by atoms with Crippen molar-refractivity contribution in [1.82, 2.24) is 10.2 Å². The molecule has 38 heavy (non-hydrogen) atoms. The molecule has 0 spiro atoms. The number of amides is 2. The van der Waals surface area contributed by atoms with Gasteiger partial charge in [-0.25, -0.2) is 8.42 Å². The summed E-state index contributed by atoms with van der Waals surface area (Å²) in [5.74, 6) is -0.903. The Morgan fingerprint density at radius 3 is 2.32 bits per heavy atom. The second-order valence-electron chi connectivity index (χ2n) is 9.32. The SMILES string of the molecule is CC[C@H](C(=O)NCC(C)C)N(Cc1ccc(Cl)cc1Cl)C(=O)CN(c1cc([N+](=O)[O-])ccc1C)S(C)(=O)=O. The van der Waals surface area contributed by atoms with E-state index >= 15 is 0 Å². The molecule has 13 heteroatoms. The van der Waals surface area contributed by atoms with Crippen molar-refractivity contribution in [3.63, 3.8) is 0 Å². The third-order valence-corrected chi connectivity index (χ3v) is 7.49. The van der Waals surface area contributed by atoms with Crippen LogP contribution in [0.4, 0.5) is 11.4 Å². The number of nitro benzene ring substituents is 1. The molecule has 2 aromatic rings. The zero-order valence-corrected chi connectivity index (χ0v) is 24.2. The summed E-state index contributed by atoms with van der Waals surface area (Å²) in [5, 5.41) is 14.8. The van der Waals surface area contributed by atoms with Crippen LogP contribution in [0.15, 0.2) is 36.4 Å². The fourth-order valence-electron chi connectivity index (χ4n) is 3.75. The van der Waals surface area contributed by atoms with Crippen LogP contribution in [0.5, 0.6) is 0 Å². The smallest absolute Gasteiger partial charge is 0.271 e. The van der Waals surface area contributed by atoms with Gasteiger partial charge in [-0.05, 0) is 42.5 Å². The van der Waals surface area contributed by atoms with Gasteiger partial charge in [-0.2, -0.15) is 0 Å². The standard InChI is InChI=1S/C25H32Cl2N4O6S/c1-6-22(25(33)28-13-16(2)3)29(14-18-8-9-19(26)11-21(18)27)24(32)15-30(38(5,36)37)23-12-20(31(34)35)10-7-17(23)4/h7-12,16,22H,6,13-15H2,1-5H3,(H,28,33)/t22-/m1/s1. The number of halogens is 2. The van der Waals surface area contributed by atoms with E-state index in [1.54, 1.807) is 26.0 Å².